The Labute approximate surface area is 180 Å². The number of fused-ring (bicyclic) bond motifs is 1. The molecule has 1 N–H and O–H groups in total. The second kappa shape index (κ2) is 10.4. The Morgan fingerprint density at radius 3 is 2.67 bits per heavy atom. The molecule has 0 bridgehead atoms. The highest BCUT2D eigenvalue weighted by molar-refractivity contribution is 5.46. The molecule has 1 aliphatic heterocycles. The van der Waals surface area contributed by atoms with E-state index in [1.54, 1.807) is 0 Å². The number of nitrogens with zero attached hydrogens (tertiary/aromatic N) is 1. The molecule has 0 amide bonds. The van der Waals surface area contributed by atoms with E-state index in [4.69, 9.17) is 4.74 Å². The fraction of sp³-hybridized carbons (Fsp3) is 0.538. The van der Waals surface area contributed by atoms with Crippen LogP contribution in [-0.4, -0.2) is 43.7 Å². The molecule has 0 radical (unpaired) electrons. The van der Waals surface area contributed by atoms with Crippen LogP contribution in [0.1, 0.15) is 47.9 Å². The van der Waals surface area contributed by atoms with Crippen molar-refractivity contribution in [2.45, 2.75) is 57.9 Å². The molecule has 1 saturated heterocycles. The van der Waals surface area contributed by atoms with Crippen molar-refractivity contribution in [2.24, 2.45) is 0 Å². The summed E-state index contributed by atoms with van der Waals surface area (Å²) >= 11 is 0. The number of nitrogens with one attached hydrogen (secondary N) is 1. The molecular formula is C26H35FN2O. The minimum Gasteiger partial charge on any atom is -0.493 e. The lowest BCUT2D eigenvalue weighted by atomic mass is 9.85. The molecule has 0 aromatic heterocycles. The minimum absolute atomic E-state index is 0.173. The van der Waals surface area contributed by atoms with Gasteiger partial charge in [-0.05, 0) is 119 Å². The molecule has 162 valence electrons. The van der Waals surface area contributed by atoms with E-state index in [0.29, 0.717) is 0 Å². The van der Waals surface area contributed by atoms with Gasteiger partial charge in [-0.25, -0.2) is 4.39 Å². The van der Waals surface area contributed by atoms with Gasteiger partial charge in [-0.3, -0.25) is 0 Å². The van der Waals surface area contributed by atoms with Gasteiger partial charge in [0, 0.05) is 6.04 Å². The zero-order chi connectivity index (χ0) is 20.8. The summed E-state index contributed by atoms with van der Waals surface area (Å²) in [6, 6.07) is 12.0. The van der Waals surface area contributed by atoms with Crippen LogP contribution in [0.25, 0.3) is 0 Å². The highest BCUT2D eigenvalue weighted by atomic mass is 19.1. The molecule has 1 heterocycles. The zero-order valence-electron chi connectivity index (χ0n) is 18.3. The molecule has 2 aromatic carbocycles. The number of hydrogen-bond donors (Lipinski definition) is 1. The van der Waals surface area contributed by atoms with Gasteiger partial charge in [0.25, 0.3) is 0 Å². The Hall–Kier alpha value is -1.91. The standard InChI is InChI=1S/C26H35FN2O/c1-20-25-11-10-24(29-16-2-3-17-29)19-22(25)7-12-26(20)30-18-4-14-28-15-13-21-5-8-23(27)9-6-21/h5-9,12,24,28H,2-4,10-11,13-19H2,1H3. The molecule has 1 fully saturated rings. The molecule has 4 rings (SSSR count). The van der Waals surface area contributed by atoms with Gasteiger partial charge in [-0.1, -0.05) is 18.2 Å². The van der Waals surface area contributed by atoms with Gasteiger partial charge in [0.15, 0.2) is 0 Å². The van der Waals surface area contributed by atoms with E-state index in [1.807, 2.05) is 12.1 Å². The third-order valence-electron chi connectivity index (χ3n) is 6.75. The van der Waals surface area contributed by atoms with Crippen LogP contribution in [0.5, 0.6) is 5.75 Å². The fourth-order valence-corrected chi connectivity index (χ4v) is 4.96. The van der Waals surface area contributed by atoms with Gasteiger partial charge in [-0.15, -0.1) is 0 Å². The SMILES string of the molecule is Cc1c(OCCCNCCc2ccc(F)cc2)ccc2c1CCC(N1CCCC1)C2. The van der Waals surface area contributed by atoms with Gasteiger partial charge in [0.2, 0.25) is 0 Å². The van der Waals surface area contributed by atoms with Gasteiger partial charge < -0.3 is 15.0 Å². The summed E-state index contributed by atoms with van der Waals surface area (Å²) in [4.78, 5) is 2.70. The maximum atomic E-state index is 12.9. The third-order valence-corrected chi connectivity index (χ3v) is 6.75. The Balaban J connectivity index is 1.18. The smallest absolute Gasteiger partial charge is 0.123 e. The van der Waals surface area contributed by atoms with Crippen molar-refractivity contribution < 1.29 is 9.13 Å². The molecule has 0 saturated carbocycles. The van der Waals surface area contributed by atoms with E-state index in [0.717, 1.165) is 49.9 Å². The zero-order valence-corrected chi connectivity index (χ0v) is 18.3. The maximum Gasteiger partial charge on any atom is 0.123 e. The second-order valence-corrected chi connectivity index (χ2v) is 8.79. The number of hydrogen-bond acceptors (Lipinski definition) is 3. The molecule has 1 unspecified atom stereocenters. The highest BCUT2D eigenvalue weighted by Gasteiger charge is 2.27. The van der Waals surface area contributed by atoms with Crippen LogP contribution in [0.3, 0.4) is 0 Å². The molecule has 1 aliphatic carbocycles. The summed E-state index contributed by atoms with van der Waals surface area (Å²) in [7, 11) is 0. The van der Waals surface area contributed by atoms with Gasteiger partial charge in [-0.2, -0.15) is 0 Å². The maximum absolute atomic E-state index is 12.9. The van der Waals surface area contributed by atoms with Crippen LogP contribution in [0.4, 0.5) is 4.39 Å². The van der Waals surface area contributed by atoms with Crippen molar-refractivity contribution in [2.75, 3.05) is 32.8 Å². The van der Waals surface area contributed by atoms with E-state index >= 15 is 0 Å². The summed E-state index contributed by atoms with van der Waals surface area (Å²) in [5.41, 5.74) is 5.57. The van der Waals surface area contributed by atoms with E-state index in [9.17, 15) is 4.39 Å². The first-order valence-electron chi connectivity index (χ1n) is 11.6. The first-order chi connectivity index (χ1) is 14.7. The summed E-state index contributed by atoms with van der Waals surface area (Å²) in [5.74, 6) is 0.882. The minimum atomic E-state index is -0.173. The van der Waals surface area contributed by atoms with Crippen molar-refractivity contribution in [3.8, 4) is 5.75 Å². The normalized spacial score (nSPS) is 19.1. The van der Waals surface area contributed by atoms with E-state index in [1.165, 1.54) is 74.0 Å². The van der Waals surface area contributed by atoms with Crippen molar-refractivity contribution in [1.29, 1.82) is 0 Å². The molecule has 1 atom stereocenters. The lowest BCUT2D eigenvalue weighted by Crippen LogP contribution is -2.37. The largest absolute Gasteiger partial charge is 0.493 e. The topological polar surface area (TPSA) is 24.5 Å². The monoisotopic (exact) mass is 410 g/mol. The van der Waals surface area contributed by atoms with Gasteiger partial charge in [0.05, 0.1) is 6.61 Å². The van der Waals surface area contributed by atoms with E-state index in [2.05, 4.69) is 29.3 Å². The van der Waals surface area contributed by atoms with E-state index < -0.39 is 0 Å². The predicted octanol–water partition coefficient (Wildman–Crippen LogP) is 4.69. The number of ether oxygens (including phenoxy) is 1. The molecule has 2 aromatic rings. The highest BCUT2D eigenvalue weighted by Crippen LogP contribution is 2.33. The predicted molar refractivity (Wildman–Crippen MR) is 121 cm³/mol. The third kappa shape index (κ3) is 5.41. The van der Waals surface area contributed by atoms with Crippen LogP contribution < -0.4 is 10.1 Å². The quantitative estimate of drug-likeness (QED) is 0.607. The molecule has 2 aliphatic rings. The Bertz CT molecular complexity index is 815. The van der Waals surface area contributed by atoms with Crippen LogP contribution in [0, 0.1) is 12.7 Å². The van der Waals surface area contributed by atoms with Crippen LogP contribution >= 0.6 is 0 Å². The number of benzene rings is 2. The van der Waals surface area contributed by atoms with Crippen molar-refractivity contribution >= 4 is 0 Å². The summed E-state index contributed by atoms with van der Waals surface area (Å²) in [5, 5.41) is 3.45. The Morgan fingerprint density at radius 2 is 1.87 bits per heavy atom. The van der Waals surface area contributed by atoms with Gasteiger partial charge in [0.1, 0.15) is 11.6 Å². The van der Waals surface area contributed by atoms with Gasteiger partial charge >= 0.3 is 0 Å². The number of halogens is 1. The van der Waals surface area contributed by atoms with Crippen molar-refractivity contribution in [3.05, 3.63) is 64.5 Å². The Kier molecular flexibility index (Phi) is 7.40. The number of rotatable bonds is 9. The van der Waals surface area contributed by atoms with Crippen LogP contribution in [-0.2, 0) is 19.3 Å². The van der Waals surface area contributed by atoms with Crippen LogP contribution in [0.15, 0.2) is 36.4 Å². The fourth-order valence-electron chi connectivity index (χ4n) is 4.96. The van der Waals surface area contributed by atoms with Crippen molar-refractivity contribution in [1.82, 2.24) is 10.2 Å². The van der Waals surface area contributed by atoms with E-state index in [-0.39, 0.29) is 5.82 Å². The summed E-state index contributed by atoms with van der Waals surface area (Å²) < 4.78 is 19.0. The first kappa shape index (κ1) is 21.3. The Morgan fingerprint density at radius 1 is 1.07 bits per heavy atom. The summed E-state index contributed by atoms with van der Waals surface area (Å²) in [6.07, 6.45) is 8.32. The molecule has 0 spiro atoms. The average molecular weight is 411 g/mol. The molecule has 3 nitrogen and oxygen atoms in total. The molecule has 4 heteroatoms. The average Bonchev–Trinajstić information content (AvgIpc) is 3.30. The second-order valence-electron chi connectivity index (χ2n) is 8.79. The van der Waals surface area contributed by atoms with Crippen LogP contribution in [0.2, 0.25) is 0 Å². The molecular weight excluding hydrogens is 375 g/mol. The lowest BCUT2D eigenvalue weighted by Gasteiger charge is -2.33. The lowest BCUT2D eigenvalue weighted by molar-refractivity contribution is 0.221. The summed E-state index contributed by atoms with van der Waals surface area (Å²) in [6.45, 7) is 7.38. The number of likely N-dealkylation sites (tertiary alicyclic amines) is 1. The first-order valence-corrected chi connectivity index (χ1v) is 11.6. The molecule has 30 heavy (non-hydrogen) atoms. The van der Waals surface area contributed by atoms with Crippen molar-refractivity contribution in [3.63, 3.8) is 0 Å².